The molecule has 1 spiro atoms. The Kier molecular flexibility index (Phi) is 3.18. The maximum absolute atomic E-state index is 13.0. The van der Waals surface area contributed by atoms with Crippen LogP contribution in [0.3, 0.4) is 0 Å². The number of carbonyl (C=O) groups excluding carboxylic acids is 2. The molecule has 0 radical (unpaired) electrons. The molecule has 0 unspecified atom stereocenters. The Morgan fingerprint density at radius 1 is 1.27 bits per heavy atom. The molecule has 5 heteroatoms. The summed E-state index contributed by atoms with van der Waals surface area (Å²) >= 11 is 0. The summed E-state index contributed by atoms with van der Waals surface area (Å²) in [5, 5.41) is 2.98. The molecule has 1 aliphatic carbocycles. The average molecular weight is 300 g/mol. The predicted octanol–water partition coefficient (Wildman–Crippen LogP) is 1.95. The fraction of sp³-hybridized carbons (Fsp3) is 0.529. The van der Waals surface area contributed by atoms with E-state index in [1.165, 1.54) is 10.5 Å². The molecule has 4 rings (SSSR count). The van der Waals surface area contributed by atoms with Crippen LogP contribution in [0.5, 0.6) is 0 Å². The molecule has 1 N–H and O–H groups in total. The number of hydrogen-bond donors (Lipinski definition) is 1. The van der Waals surface area contributed by atoms with Crippen molar-refractivity contribution in [2.45, 2.75) is 43.7 Å². The summed E-state index contributed by atoms with van der Waals surface area (Å²) in [6.45, 7) is 1.09. The van der Waals surface area contributed by atoms with Crippen LogP contribution in [0.2, 0.25) is 0 Å². The summed E-state index contributed by atoms with van der Waals surface area (Å²) in [6.07, 6.45) is 4.46. The molecule has 2 aliphatic heterocycles. The lowest BCUT2D eigenvalue weighted by Crippen LogP contribution is -2.47. The van der Waals surface area contributed by atoms with Crippen LogP contribution >= 0.6 is 0 Å². The third-order valence-electron chi connectivity index (χ3n) is 5.06. The first-order chi connectivity index (χ1) is 10.7. The number of ether oxygens (including phenoxy) is 1. The van der Waals surface area contributed by atoms with E-state index in [0.29, 0.717) is 13.0 Å². The van der Waals surface area contributed by atoms with Crippen LogP contribution < -0.4 is 5.32 Å². The smallest absolute Gasteiger partial charge is 0.325 e. The molecule has 22 heavy (non-hydrogen) atoms. The molecule has 0 saturated carbocycles. The Bertz CT molecular complexity index is 624. The lowest BCUT2D eigenvalue weighted by molar-refractivity contribution is -0.133. The molecular formula is C17H20N2O3. The monoisotopic (exact) mass is 300 g/mol. The molecule has 1 aromatic rings. The van der Waals surface area contributed by atoms with Crippen molar-refractivity contribution in [2.24, 2.45) is 0 Å². The normalized spacial score (nSPS) is 30.7. The minimum atomic E-state index is -0.857. The minimum absolute atomic E-state index is 0.0105. The second kappa shape index (κ2) is 5.09. The van der Waals surface area contributed by atoms with Crippen LogP contribution in [0.25, 0.3) is 0 Å². The van der Waals surface area contributed by atoms with Gasteiger partial charge in [-0.25, -0.2) is 4.79 Å². The van der Waals surface area contributed by atoms with E-state index in [2.05, 4.69) is 11.4 Å². The van der Waals surface area contributed by atoms with Gasteiger partial charge in [-0.05, 0) is 43.2 Å². The van der Waals surface area contributed by atoms with E-state index >= 15 is 0 Å². The quantitative estimate of drug-likeness (QED) is 0.849. The number of rotatable bonds is 2. The lowest BCUT2D eigenvalue weighted by atomic mass is 9.76. The Balaban J connectivity index is 1.66. The van der Waals surface area contributed by atoms with E-state index in [1.54, 1.807) is 0 Å². The number of urea groups is 1. The number of nitrogens with one attached hydrogen (secondary N) is 1. The Morgan fingerprint density at radius 3 is 2.95 bits per heavy atom. The van der Waals surface area contributed by atoms with Gasteiger partial charge in [0.25, 0.3) is 5.91 Å². The first kappa shape index (κ1) is 13.8. The van der Waals surface area contributed by atoms with Gasteiger partial charge in [0.05, 0.1) is 12.6 Å². The zero-order chi connectivity index (χ0) is 15.2. The van der Waals surface area contributed by atoms with Crippen molar-refractivity contribution >= 4 is 11.9 Å². The molecule has 1 aromatic carbocycles. The minimum Gasteiger partial charge on any atom is -0.376 e. The summed E-state index contributed by atoms with van der Waals surface area (Å²) in [4.78, 5) is 26.8. The second-order valence-corrected chi connectivity index (χ2v) is 6.40. The van der Waals surface area contributed by atoms with E-state index in [4.69, 9.17) is 4.74 Å². The van der Waals surface area contributed by atoms with Gasteiger partial charge in [-0.2, -0.15) is 0 Å². The van der Waals surface area contributed by atoms with Gasteiger partial charge in [0.2, 0.25) is 0 Å². The largest absolute Gasteiger partial charge is 0.376 e. The molecule has 5 nitrogen and oxygen atoms in total. The van der Waals surface area contributed by atoms with Gasteiger partial charge in [-0.3, -0.25) is 9.69 Å². The van der Waals surface area contributed by atoms with E-state index in [0.717, 1.165) is 37.9 Å². The van der Waals surface area contributed by atoms with Crippen molar-refractivity contribution < 1.29 is 14.3 Å². The molecule has 2 atom stereocenters. The van der Waals surface area contributed by atoms with Gasteiger partial charge in [0, 0.05) is 6.61 Å². The number of imide groups is 1. The van der Waals surface area contributed by atoms with Crippen LogP contribution in [0.1, 0.15) is 36.8 Å². The summed E-state index contributed by atoms with van der Waals surface area (Å²) in [5.41, 5.74) is 1.28. The lowest BCUT2D eigenvalue weighted by Gasteiger charge is -2.33. The van der Waals surface area contributed by atoms with Gasteiger partial charge in [0.1, 0.15) is 5.54 Å². The number of aryl methyl sites for hydroxylation is 1. The van der Waals surface area contributed by atoms with Gasteiger partial charge >= 0.3 is 6.03 Å². The number of amides is 3. The third kappa shape index (κ3) is 1.96. The van der Waals surface area contributed by atoms with Crippen LogP contribution in [0.4, 0.5) is 4.79 Å². The zero-order valence-electron chi connectivity index (χ0n) is 12.5. The number of carbonyl (C=O) groups is 2. The fourth-order valence-corrected chi connectivity index (χ4v) is 3.97. The van der Waals surface area contributed by atoms with Crippen molar-refractivity contribution in [1.29, 1.82) is 0 Å². The molecule has 0 bridgehead atoms. The topological polar surface area (TPSA) is 58.6 Å². The number of benzene rings is 1. The van der Waals surface area contributed by atoms with Crippen molar-refractivity contribution in [3.63, 3.8) is 0 Å². The zero-order valence-corrected chi connectivity index (χ0v) is 12.5. The molecule has 2 fully saturated rings. The van der Waals surface area contributed by atoms with Crippen LogP contribution in [-0.4, -0.2) is 36.1 Å². The summed E-state index contributed by atoms with van der Waals surface area (Å²) in [5.74, 6) is -0.111. The van der Waals surface area contributed by atoms with Gasteiger partial charge in [-0.15, -0.1) is 0 Å². The predicted molar refractivity (Wildman–Crippen MR) is 80.3 cm³/mol. The van der Waals surface area contributed by atoms with E-state index in [1.807, 2.05) is 18.2 Å². The molecule has 3 amide bonds. The van der Waals surface area contributed by atoms with Crippen LogP contribution in [-0.2, 0) is 21.5 Å². The summed E-state index contributed by atoms with van der Waals surface area (Å²) < 4.78 is 5.58. The molecule has 3 aliphatic rings. The number of nitrogens with zero attached hydrogens (tertiary/aromatic N) is 1. The van der Waals surface area contributed by atoms with Crippen molar-refractivity contribution in [3.05, 3.63) is 35.4 Å². The Hall–Kier alpha value is -1.88. The van der Waals surface area contributed by atoms with Crippen molar-refractivity contribution in [3.8, 4) is 0 Å². The van der Waals surface area contributed by atoms with Crippen LogP contribution in [0, 0.1) is 0 Å². The summed E-state index contributed by atoms with van der Waals surface area (Å²) in [6, 6.07) is 7.68. The van der Waals surface area contributed by atoms with Crippen LogP contribution in [0.15, 0.2) is 24.3 Å². The van der Waals surface area contributed by atoms with Gasteiger partial charge in [0.15, 0.2) is 0 Å². The van der Waals surface area contributed by atoms with Gasteiger partial charge in [-0.1, -0.05) is 24.3 Å². The Morgan fingerprint density at radius 2 is 2.14 bits per heavy atom. The maximum Gasteiger partial charge on any atom is 0.325 e. The molecular weight excluding hydrogens is 280 g/mol. The maximum atomic E-state index is 13.0. The van der Waals surface area contributed by atoms with Crippen molar-refractivity contribution in [1.82, 2.24) is 10.2 Å². The Labute approximate surface area is 129 Å². The highest BCUT2D eigenvalue weighted by Crippen LogP contribution is 2.40. The van der Waals surface area contributed by atoms with E-state index in [-0.39, 0.29) is 18.0 Å². The van der Waals surface area contributed by atoms with E-state index < -0.39 is 5.54 Å². The SMILES string of the molecule is O=C1N[C@]2(CCCc3ccccc32)C(=O)N1C[C@@H]1CCCO1. The third-order valence-corrected chi connectivity index (χ3v) is 5.06. The molecule has 0 aromatic heterocycles. The van der Waals surface area contributed by atoms with Crippen molar-refractivity contribution in [2.75, 3.05) is 13.2 Å². The molecule has 2 heterocycles. The number of hydrogen-bond acceptors (Lipinski definition) is 3. The highest BCUT2D eigenvalue weighted by Gasteiger charge is 2.54. The van der Waals surface area contributed by atoms with E-state index in [9.17, 15) is 9.59 Å². The number of fused-ring (bicyclic) bond motifs is 2. The average Bonchev–Trinajstić information content (AvgIpc) is 3.12. The molecule has 2 saturated heterocycles. The molecule has 116 valence electrons. The second-order valence-electron chi connectivity index (χ2n) is 6.40. The van der Waals surface area contributed by atoms with Gasteiger partial charge < -0.3 is 10.1 Å². The highest BCUT2D eigenvalue weighted by atomic mass is 16.5. The standard InChI is InChI=1S/C17H20N2O3/c20-15-17(9-3-6-12-5-1-2-8-14(12)17)18-16(21)19(15)11-13-7-4-10-22-13/h1-2,5,8,13H,3-4,6-7,9-11H2,(H,18,21)/t13-,17-/m0/s1. The highest BCUT2D eigenvalue weighted by molar-refractivity contribution is 6.07. The first-order valence-corrected chi connectivity index (χ1v) is 8.05. The fourth-order valence-electron chi connectivity index (χ4n) is 3.97. The summed E-state index contributed by atoms with van der Waals surface area (Å²) in [7, 11) is 0. The first-order valence-electron chi connectivity index (χ1n) is 8.05.